The molecule has 0 saturated heterocycles. The number of hydrogen-bond donors (Lipinski definition) is 0. The molecule has 0 heterocycles. The minimum absolute atomic E-state index is 0.821. The van der Waals surface area contributed by atoms with E-state index >= 15 is 0 Å². The van der Waals surface area contributed by atoms with Crippen molar-refractivity contribution in [3.05, 3.63) is 38.5 Å². The molecule has 0 amide bonds. The largest absolute Gasteiger partial charge is 0.762 e. The fraction of sp³-hybridized carbons (Fsp3) is 0. The van der Waals surface area contributed by atoms with Crippen molar-refractivity contribution in [1.29, 1.82) is 0 Å². The second-order valence-electron chi connectivity index (χ2n) is 1.57. The minimum Gasteiger partial charge on any atom is -0.401 e. The van der Waals surface area contributed by atoms with E-state index in [1.807, 2.05) is 0 Å². The number of hydrogen-bond acceptors (Lipinski definition) is 6. The normalized spacial score (nSPS) is 11.0. The maximum absolute atomic E-state index is 11.4. The Kier molecular flexibility index (Phi) is 5.88. The van der Waals surface area contributed by atoms with Crippen molar-refractivity contribution in [3.63, 3.8) is 0 Å². The lowest BCUT2D eigenvalue weighted by molar-refractivity contribution is 0.243. The highest BCUT2D eigenvalue weighted by Crippen LogP contribution is 2.57. The maximum atomic E-state index is 11.4. The van der Waals surface area contributed by atoms with Gasteiger partial charge in [0.15, 0.2) is 0 Å². The van der Waals surface area contributed by atoms with E-state index in [2.05, 4.69) is 37.6 Å². The lowest BCUT2D eigenvalue weighted by Crippen LogP contribution is -1.87. The molecule has 14 heavy (non-hydrogen) atoms. The molecule has 6 nitrogen and oxygen atoms in total. The predicted octanol–water partition coefficient (Wildman–Crippen LogP) is 3.25. The third kappa shape index (κ3) is 4.82. The fourth-order valence-corrected chi connectivity index (χ4v) is 2.06. The first-order valence-electron chi connectivity index (χ1n) is 3.21. The van der Waals surface area contributed by atoms with Crippen molar-refractivity contribution in [1.82, 2.24) is 0 Å². The Hall–Kier alpha value is -1.09. The van der Waals surface area contributed by atoms with E-state index in [1.165, 1.54) is 0 Å². The van der Waals surface area contributed by atoms with E-state index in [-0.39, 0.29) is 0 Å². The molecule has 0 bridgehead atoms. The topological polar surface area (TPSA) is 71.1 Å². The zero-order valence-corrected chi connectivity index (χ0v) is 8.99. The first-order valence-corrected chi connectivity index (χ1v) is 5.77. The molecule has 78 valence electrons. The van der Waals surface area contributed by atoms with Crippen molar-refractivity contribution in [2.45, 2.75) is 0 Å². The van der Waals surface area contributed by atoms with Crippen LogP contribution in [0.15, 0.2) is 38.5 Å². The molecule has 0 N–H and O–H groups in total. The third-order valence-electron chi connectivity index (χ3n) is 0.735. The fourth-order valence-electron chi connectivity index (χ4n) is 0.408. The van der Waals surface area contributed by atoms with Crippen LogP contribution in [-0.4, -0.2) is 0 Å². The van der Waals surface area contributed by atoms with Gasteiger partial charge in [0.2, 0.25) is 0 Å². The van der Waals surface area contributed by atoms with Crippen molar-refractivity contribution in [3.8, 4) is 0 Å². The van der Waals surface area contributed by atoms with Gasteiger partial charge in [-0.05, 0) is 0 Å². The van der Waals surface area contributed by atoms with Crippen LogP contribution in [0.5, 0.6) is 0 Å². The van der Waals surface area contributed by atoms with E-state index in [9.17, 15) is 9.13 Å². The molecule has 0 fully saturated rings. The van der Waals surface area contributed by atoms with Crippen molar-refractivity contribution < 1.29 is 27.0 Å². The standard InChI is InChI=1S/C6H9O6P2/c1-4-9-13(7)12-14(8,10-5-2)11-6-3/h4-6H,1-3H2/q+1. The lowest BCUT2D eigenvalue weighted by atomic mass is 11.2. The summed E-state index contributed by atoms with van der Waals surface area (Å²) in [6, 6.07) is 0. The highest BCUT2D eigenvalue weighted by Gasteiger charge is 2.42. The van der Waals surface area contributed by atoms with E-state index in [0.29, 0.717) is 0 Å². The molecule has 0 saturated carbocycles. The van der Waals surface area contributed by atoms with Crippen LogP contribution in [0.3, 0.4) is 0 Å². The SMILES string of the molecule is C=CO[P+](=O)OP(=O)(OC=C)OC=C. The number of phosphoric acid groups is 1. The van der Waals surface area contributed by atoms with Crippen molar-refractivity contribution in [2.24, 2.45) is 0 Å². The molecule has 0 aliphatic rings. The van der Waals surface area contributed by atoms with Crippen LogP contribution < -0.4 is 0 Å². The molecule has 8 heteroatoms. The second kappa shape index (κ2) is 6.38. The summed E-state index contributed by atoms with van der Waals surface area (Å²) < 4.78 is 39.6. The van der Waals surface area contributed by atoms with Gasteiger partial charge in [-0.2, -0.15) is 0 Å². The molecule has 0 radical (unpaired) electrons. The molecule has 0 rings (SSSR count). The smallest absolute Gasteiger partial charge is 0.401 e. The average molecular weight is 239 g/mol. The van der Waals surface area contributed by atoms with Crippen LogP contribution in [0.1, 0.15) is 0 Å². The first kappa shape index (κ1) is 12.9. The lowest BCUT2D eigenvalue weighted by Gasteiger charge is -2.06. The van der Waals surface area contributed by atoms with Crippen LogP contribution in [0.2, 0.25) is 0 Å². The average Bonchev–Trinajstić information content (AvgIpc) is 2.04. The zero-order chi connectivity index (χ0) is 11.0. The molecule has 1 unspecified atom stereocenters. The van der Waals surface area contributed by atoms with Gasteiger partial charge < -0.3 is 9.05 Å². The molecular weight excluding hydrogens is 230 g/mol. The van der Waals surface area contributed by atoms with Gasteiger partial charge in [0.05, 0.1) is 12.5 Å². The molecule has 0 aromatic carbocycles. The molecule has 0 aliphatic carbocycles. The van der Waals surface area contributed by atoms with Crippen LogP contribution in [0.4, 0.5) is 0 Å². The quantitative estimate of drug-likeness (QED) is 0.478. The van der Waals surface area contributed by atoms with E-state index in [0.717, 1.165) is 18.8 Å². The van der Waals surface area contributed by atoms with Crippen LogP contribution in [0.25, 0.3) is 0 Å². The van der Waals surface area contributed by atoms with E-state index < -0.39 is 16.1 Å². The summed E-state index contributed by atoms with van der Waals surface area (Å²) >= 11 is 0. The molecule has 0 aromatic heterocycles. The van der Waals surface area contributed by atoms with Gasteiger partial charge in [-0.25, -0.2) is 9.09 Å². The van der Waals surface area contributed by atoms with Gasteiger partial charge >= 0.3 is 16.1 Å². The van der Waals surface area contributed by atoms with Gasteiger partial charge in [0, 0.05) is 8.88 Å². The van der Waals surface area contributed by atoms with E-state index in [1.54, 1.807) is 0 Å². The maximum Gasteiger partial charge on any atom is 0.762 e. The van der Waals surface area contributed by atoms with Crippen molar-refractivity contribution >= 4 is 16.1 Å². The summed E-state index contributed by atoms with van der Waals surface area (Å²) in [4.78, 5) is 0. The minimum atomic E-state index is -4.00. The Morgan fingerprint density at radius 3 is 1.93 bits per heavy atom. The van der Waals surface area contributed by atoms with E-state index in [4.69, 9.17) is 0 Å². The summed E-state index contributed by atoms with van der Waals surface area (Å²) in [6.07, 6.45) is 2.51. The highest BCUT2D eigenvalue weighted by molar-refractivity contribution is 7.56. The highest BCUT2D eigenvalue weighted by atomic mass is 31.2. The zero-order valence-electron chi connectivity index (χ0n) is 7.20. The number of phosphoric ester groups is 1. The Morgan fingerprint density at radius 1 is 1.07 bits per heavy atom. The summed E-state index contributed by atoms with van der Waals surface area (Å²) in [5.74, 6) is 0. The summed E-state index contributed by atoms with van der Waals surface area (Å²) in [7, 11) is -6.67. The summed E-state index contributed by atoms with van der Waals surface area (Å²) in [6.45, 7) is 9.40. The molecule has 0 aliphatic heterocycles. The third-order valence-corrected chi connectivity index (χ3v) is 3.20. The molecule has 1 atom stereocenters. The van der Waals surface area contributed by atoms with Crippen molar-refractivity contribution in [2.75, 3.05) is 0 Å². The van der Waals surface area contributed by atoms with Crippen LogP contribution in [0, 0.1) is 0 Å². The first-order chi connectivity index (χ1) is 6.58. The van der Waals surface area contributed by atoms with Gasteiger partial charge in [-0.1, -0.05) is 19.7 Å². The molecule has 0 aromatic rings. The Bertz CT molecular complexity index is 272. The summed E-state index contributed by atoms with van der Waals surface area (Å²) in [5, 5.41) is 0. The van der Waals surface area contributed by atoms with Gasteiger partial charge in [-0.15, -0.1) is 0 Å². The summed E-state index contributed by atoms with van der Waals surface area (Å²) in [5.41, 5.74) is 0. The monoisotopic (exact) mass is 239 g/mol. The Balaban J connectivity index is 4.42. The van der Waals surface area contributed by atoms with Gasteiger partial charge in [-0.3, -0.25) is 0 Å². The Morgan fingerprint density at radius 2 is 1.57 bits per heavy atom. The molecule has 0 spiro atoms. The van der Waals surface area contributed by atoms with Gasteiger partial charge in [0.1, 0.15) is 6.26 Å². The van der Waals surface area contributed by atoms with Crippen LogP contribution in [-0.2, 0) is 27.0 Å². The second-order valence-corrected chi connectivity index (χ2v) is 4.20. The van der Waals surface area contributed by atoms with Crippen LogP contribution >= 0.6 is 16.1 Å². The Labute approximate surface area is 82.4 Å². The predicted molar refractivity (Wildman–Crippen MR) is 50.1 cm³/mol. The van der Waals surface area contributed by atoms with Gasteiger partial charge in [0.25, 0.3) is 0 Å². The molecular formula is C6H9O6P2+. The number of rotatable bonds is 8.